The third-order valence-electron chi connectivity index (χ3n) is 4.30. The number of ether oxygens (including phenoxy) is 1. The minimum absolute atomic E-state index is 0.0180. The lowest BCUT2D eigenvalue weighted by molar-refractivity contribution is -0.128. The lowest BCUT2D eigenvalue weighted by Crippen LogP contribution is -2.49. The first-order valence-electron chi connectivity index (χ1n) is 8.20. The number of amides is 2. The van der Waals surface area contributed by atoms with E-state index in [0.717, 1.165) is 16.7 Å². The number of carbonyl (C=O) groups excluding carboxylic acids is 2. The Hall–Kier alpha value is -2.38. The van der Waals surface area contributed by atoms with E-state index in [-0.39, 0.29) is 31.4 Å². The van der Waals surface area contributed by atoms with Gasteiger partial charge in [0.2, 0.25) is 5.91 Å². The Labute approximate surface area is 145 Å². The van der Waals surface area contributed by atoms with Gasteiger partial charge >= 0.3 is 0 Å². The molecule has 7 heteroatoms. The lowest BCUT2D eigenvalue weighted by atomic mass is 9.99. The Bertz CT molecular complexity index is 800. The molecule has 2 N–H and O–H groups in total. The van der Waals surface area contributed by atoms with E-state index in [1.54, 1.807) is 18.2 Å². The van der Waals surface area contributed by atoms with Gasteiger partial charge in [0, 0.05) is 24.5 Å². The molecule has 1 aliphatic heterocycles. The summed E-state index contributed by atoms with van der Waals surface area (Å²) in [5, 5.41) is 14.0. The molecule has 1 aromatic heterocycles. The average molecular weight is 346 g/mol. The minimum Gasteiger partial charge on any atom is -0.461 e. The van der Waals surface area contributed by atoms with Gasteiger partial charge in [0.1, 0.15) is 16.9 Å². The molecule has 1 aliphatic rings. The standard InChI is InChI=1S/C18H22N2O5/c1-12-7-14-8-13(3-4-15(14)25-12)17(22)20-5-6-24-11-18(23,10-20)9-16(21)19-2/h3-4,7-8,23H,5-6,9-11H2,1-2H3,(H,19,21). The molecule has 2 amide bonds. The number of hydrogen-bond acceptors (Lipinski definition) is 5. The Morgan fingerprint density at radius 2 is 2.16 bits per heavy atom. The molecule has 3 rings (SSSR count). The van der Waals surface area contributed by atoms with Crippen molar-refractivity contribution in [1.82, 2.24) is 10.2 Å². The largest absolute Gasteiger partial charge is 0.461 e. The highest BCUT2D eigenvalue weighted by Crippen LogP contribution is 2.23. The van der Waals surface area contributed by atoms with Gasteiger partial charge in [-0.3, -0.25) is 9.59 Å². The number of furan rings is 1. The van der Waals surface area contributed by atoms with Crippen LogP contribution < -0.4 is 5.32 Å². The molecule has 1 unspecified atom stereocenters. The molecule has 0 aliphatic carbocycles. The van der Waals surface area contributed by atoms with Crippen LogP contribution in [0.2, 0.25) is 0 Å². The van der Waals surface area contributed by atoms with Gasteiger partial charge in [-0.15, -0.1) is 0 Å². The fourth-order valence-electron chi connectivity index (χ4n) is 3.08. The highest BCUT2D eigenvalue weighted by Gasteiger charge is 2.36. The fraction of sp³-hybridized carbons (Fsp3) is 0.444. The smallest absolute Gasteiger partial charge is 0.254 e. The number of β-amino-alcohol motifs (C(OH)–C–C–N with tert-alkyl or cyclic N) is 1. The van der Waals surface area contributed by atoms with E-state index in [4.69, 9.17) is 9.15 Å². The van der Waals surface area contributed by atoms with Crippen LogP contribution in [0.15, 0.2) is 28.7 Å². The second-order valence-electron chi connectivity index (χ2n) is 6.46. The van der Waals surface area contributed by atoms with Crippen molar-refractivity contribution in [3.05, 3.63) is 35.6 Å². The molecule has 2 aromatic rings. The molecule has 0 saturated carbocycles. The van der Waals surface area contributed by atoms with Crippen molar-refractivity contribution in [3.8, 4) is 0 Å². The molecule has 0 radical (unpaired) electrons. The molecule has 0 spiro atoms. The van der Waals surface area contributed by atoms with E-state index in [1.165, 1.54) is 11.9 Å². The van der Waals surface area contributed by atoms with E-state index in [2.05, 4.69) is 5.32 Å². The fourth-order valence-corrected chi connectivity index (χ4v) is 3.08. The van der Waals surface area contributed by atoms with Crippen molar-refractivity contribution in [2.75, 3.05) is 33.4 Å². The van der Waals surface area contributed by atoms with Gasteiger partial charge in [-0.25, -0.2) is 0 Å². The number of nitrogens with zero attached hydrogens (tertiary/aromatic N) is 1. The summed E-state index contributed by atoms with van der Waals surface area (Å²) < 4.78 is 10.9. The van der Waals surface area contributed by atoms with Crippen molar-refractivity contribution < 1.29 is 23.8 Å². The summed E-state index contributed by atoms with van der Waals surface area (Å²) in [7, 11) is 1.51. The van der Waals surface area contributed by atoms with Crippen LogP contribution in [0.25, 0.3) is 11.0 Å². The summed E-state index contributed by atoms with van der Waals surface area (Å²) in [4.78, 5) is 26.1. The van der Waals surface area contributed by atoms with Crippen molar-refractivity contribution >= 4 is 22.8 Å². The van der Waals surface area contributed by atoms with Gasteiger partial charge in [0.25, 0.3) is 5.91 Å². The summed E-state index contributed by atoms with van der Waals surface area (Å²) in [5.74, 6) is 0.278. The van der Waals surface area contributed by atoms with Crippen LogP contribution in [0.4, 0.5) is 0 Å². The monoisotopic (exact) mass is 346 g/mol. The van der Waals surface area contributed by atoms with Crippen LogP contribution >= 0.6 is 0 Å². The van der Waals surface area contributed by atoms with Crippen LogP contribution in [-0.4, -0.2) is 60.8 Å². The molecule has 1 fully saturated rings. The molecule has 1 saturated heterocycles. The van der Waals surface area contributed by atoms with Gasteiger partial charge in [-0.2, -0.15) is 0 Å². The van der Waals surface area contributed by atoms with E-state index in [9.17, 15) is 14.7 Å². The lowest BCUT2D eigenvalue weighted by Gasteiger charge is -2.30. The molecular formula is C18H22N2O5. The average Bonchev–Trinajstić information content (AvgIpc) is 2.84. The second kappa shape index (κ2) is 6.85. The van der Waals surface area contributed by atoms with E-state index < -0.39 is 5.60 Å². The third-order valence-corrected chi connectivity index (χ3v) is 4.30. The Morgan fingerprint density at radius 1 is 1.36 bits per heavy atom. The molecule has 25 heavy (non-hydrogen) atoms. The van der Waals surface area contributed by atoms with E-state index >= 15 is 0 Å². The van der Waals surface area contributed by atoms with Gasteiger partial charge < -0.3 is 24.5 Å². The molecule has 134 valence electrons. The first-order valence-corrected chi connectivity index (χ1v) is 8.20. The van der Waals surface area contributed by atoms with Crippen LogP contribution in [0, 0.1) is 6.92 Å². The normalized spacial score (nSPS) is 21.2. The third kappa shape index (κ3) is 3.83. The SMILES string of the molecule is CNC(=O)CC1(O)COCCN(C(=O)c2ccc3oc(C)cc3c2)C1. The number of benzene rings is 1. The Morgan fingerprint density at radius 3 is 2.92 bits per heavy atom. The number of carbonyl (C=O) groups is 2. The van der Waals surface area contributed by atoms with Crippen LogP contribution in [0.5, 0.6) is 0 Å². The van der Waals surface area contributed by atoms with Crippen LogP contribution in [0.3, 0.4) is 0 Å². The first kappa shape index (κ1) is 17.4. The van der Waals surface area contributed by atoms with Gasteiger partial charge in [-0.05, 0) is 31.2 Å². The number of nitrogens with one attached hydrogen (secondary N) is 1. The Balaban J connectivity index is 1.82. The van der Waals surface area contributed by atoms with Gasteiger partial charge in [0.05, 0.1) is 26.2 Å². The van der Waals surface area contributed by atoms with Gasteiger partial charge in [0.15, 0.2) is 0 Å². The predicted octanol–water partition coefficient (Wildman–Crippen LogP) is 1.08. The maximum absolute atomic E-state index is 12.9. The van der Waals surface area contributed by atoms with Crippen molar-refractivity contribution in [2.45, 2.75) is 18.9 Å². The second-order valence-corrected chi connectivity index (χ2v) is 6.46. The van der Waals surface area contributed by atoms with E-state index in [1.807, 2.05) is 13.0 Å². The van der Waals surface area contributed by atoms with Crippen LogP contribution in [-0.2, 0) is 9.53 Å². The predicted molar refractivity (Wildman–Crippen MR) is 91.3 cm³/mol. The minimum atomic E-state index is -1.40. The number of aliphatic hydroxyl groups is 1. The summed E-state index contributed by atoms with van der Waals surface area (Å²) in [5.41, 5.74) is -0.162. The highest BCUT2D eigenvalue weighted by molar-refractivity contribution is 5.98. The maximum atomic E-state index is 12.9. The molecule has 7 nitrogen and oxygen atoms in total. The van der Waals surface area contributed by atoms with Gasteiger partial charge in [-0.1, -0.05) is 0 Å². The molecular weight excluding hydrogens is 324 g/mol. The zero-order valence-corrected chi connectivity index (χ0v) is 14.4. The number of aryl methyl sites for hydroxylation is 1. The van der Waals surface area contributed by atoms with Crippen molar-refractivity contribution in [1.29, 1.82) is 0 Å². The molecule has 1 aromatic carbocycles. The molecule has 0 bridgehead atoms. The van der Waals surface area contributed by atoms with Crippen LogP contribution in [0.1, 0.15) is 22.5 Å². The number of rotatable bonds is 3. The van der Waals surface area contributed by atoms with Crippen molar-refractivity contribution in [2.24, 2.45) is 0 Å². The summed E-state index contributed by atoms with van der Waals surface area (Å²) in [6.45, 7) is 2.59. The highest BCUT2D eigenvalue weighted by atomic mass is 16.5. The summed E-state index contributed by atoms with van der Waals surface area (Å²) >= 11 is 0. The maximum Gasteiger partial charge on any atom is 0.254 e. The topological polar surface area (TPSA) is 92.0 Å². The number of hydrogen-bond donors (Lipinski definition) is 2. The quantitative estimate of drug-likeness (QED) is 0.868. The summed E-state index contributed by atoms with van der Waals surface area (Å²) in [6.07, 6.45) is -0.118. The number of fused-ring (bicyclic) bond motifs is 1. The first-order chi connectivity index (χ1) is 11.9. The molecule has 2 heterocycles. The zero-order valence-electron chi connectivity index (χ0n) is 14.4. The van der Waals surface area contributed by atoms with Crippen molar-refractivity contribution in [3.63, 3.8) is 0 Å². The summed E-state index contributed by atoms with van der Waals surface area (Å²) in [6, 6.07) is 7.12. The Kier molecular flexibility index (Phi) is 4.78. The van der Waals surface area contributed by atoms with E-state index in [0.29, 0.717) is 18.7 Å². The molecule has 1 atom stereocenters. The zero-order chi connectivity index (χ0) is 18.0.